The zero-order valence-corrected chi connectivity index (χ0v) is 14.0. The number of fused-ring (bicyclic) bond motifs is 1. The molecule has 0 aliphatic heterocycles. The van der Waals surface area contributed by atoms with E-state index in [9.17, 15) is 10.0 Å². The molecule has 4 rings (SSSR count). The number of hydrogen-bond acceptors (Lipinski definition) is 5. The van der Waals surface area contributed by atoms with Crippen molar-refractivity contribution >= 4 is 10.8 Å². The summed E-state index contributed by atoms with van der Waals surface area (Å²) >= 11 is 0. The van der Waals surface area contributed by atoms with Crippen LogP contribution in [0.4, 0.5) is 0 Å². The number of aromatic amines is 1. The highest BCUT2D eigenvalue weighted by Gasteiger charge is 2.20. The Balaban J connectivity index is 1.98. The van der Waals surface area contributed by atoms with Gasteiger partial charge in [-0.25, -0.2) is 5.10 Å². The van der Waals surface area contributed by atoms with Crippen molar-refractivity contribution in [1.82, 2.24) is 20.0 Å². The average molecular weight is 348 g/mol. The van der Waals surface area contributed by atoms with E-state index in [1.807, 2.05) is 12.1 Å². The Morgan fingerprint density at radius 1 is 1.27 bits per heavy atom. The molecule has 130 valence electrons. The first-order valence-corrected chi connectivity index (χ1v) is 8.02. The second kappa shape index (κ2) is 6.08. The summed E-state index contributed by atoms with van der Waals surface area (Å²) < 4.78 is 2.46. The molecule has 0 bridgehead atoms. The van der Waals surface area contributed by atoms with Crippen LogP contribution < -0.4 is 16.0 Å². The van der Waals surface area contributed by atoms with Crippen molar-refractivity contribution in [3.8, 4) is 22.5 Å². The number of pyridine rings is 1. The Morgan fingerprint density at radius 3 is 2.88 bits per heavy atom. The van der Waals surface area contributed by atoms with Crippen molar-refractivity contribution in [2.24, 2.45) is 12.8 Å². The molecule has 0 atom stereocenters. The number of hydrogen-bond donors (Lipinski definition) is 2. The van der Waals surface area contributed by atoms with Gasteiger partial charge in [0.2, 0.25) is 5.69 Å². The lowest BCUT2D eigenvalue weighted by molar-refractivity contribution is -0.593. The van der Waals surface area contributed by atoms with Gasteiger partial charge < -0.3 is 10.9 Å². The molecule has 8 heteroatoms. The summed E-state index contributed by atoms with van der Waals surface area (Å²) in [6.07, 6.45) is 3.15. The quantitative estimate of drug-likeness (QED) is 0.424. The lowest BCUT2D eigenvalue weighted by atomic mass is 10.0. The fourth-order valence-corrected chi connectivity index (χ4v) is 3.11. The largest absolute Gasteiger partial charge is 0.618 e. The Kier molecular flexibility index (Phi) is 3.74. The zero-order valence-electron chi connectivity index (χ0n) is 14.0. The third kappa shape index (κ3) is 2.44. The first-order chi connectivity index (χ1) is 12.6. The van der Waals surface area contributed by atoms with Gasteiger partial charge in [-0.2, -0.15) is 14.9 Å². The minimum absolute atomic E-state index is 0.204. The van der Waals surface area contributed by atoms with Gasteiger partial charge in [0.15, 0.2) is 6.20 Å². The molecule has 0 radical (unpaired) electrons. The van der Waals surface area contributed by atoms with Gasteiger partial charge in [-0.1, -0.05) is 6.07 Å². The number of aryl methyl sites for hydroxylation is 1. The van der Waals surface area contributed by atoms with Crippen molar-refractivity contribution in [2.75, 3.05) is 0 Å². The van der Waals surface area contributed by atoms with Crippen LogP contribution in [-0.4, -0.2) is 20.0 Å². The molecule has 0 spiro atoms. The zero-order chi connectivity index (χ0) is 18.3. The van der Waals surface area contributed by atoms with E-state index in [2.05, 4.69) is 15.3 Å². The van der Waals surface area contributed by atoms with Crippen LogP contribution >= 0.6 is 0 Å². The first-order valence-electron chi connectivity index (χ1n) is 8.02. The van der Waals surface area contributed by atoms with Crippen molar-refractivity contribution < 1.29 is 4.73 Å². The Morgan fingerprint density at radius 2 is 2.12 bits per heavy atom. The minimum atomic E-state index is -0.268. The Labute approximate surface area is 148 Å². The lowest BCUT2D eigenvalue weighted by Gasteiger charge is -2.09. The Hall–Kier alpha value is -3.52. The van der Waals surface area contributed by atoms with Gasteiger partial charge in [-0.05, 0) is 23.8 Å². The van der Waals surface area contributed by atoms with Gasteiger partial charge in [0, 0.05) is 36.7 Å². The molecule has 0 unspecified atom stereocenters. The van der Waals surface area contributed by atoms with Crippen LogP contribution in [0.1, 0.15) is 5.69 Å². The second-order valence-corrected chi connectivity index (χ2v) is 5.91. The number of rotatable bonds is 3. The molecule has 1 aromatic carbocycles. The van der Waals surface area contributed by atoms with Crippen LogP contribution in [0, 0.1) is 5.21 Å². The molecule has 0 saturated carbocycles. The van der Waals surface area contributed by atoms with Gasteiger partial charge in [0.05, 0.1) is 17.3 Å². The molecular formula is C18H16N6O2. The molecule has 8 nitrogen and oxygen atoms in total. The van der Waals surface area contributed by atoms with E-state index in [1.165, 1.54) is 6.20 Å². The highest BCUT2D eigenvalue weighted by Crippen LogP contribution is 2.31. The van der Waals surface area contributed by atoms with Gasteiger partial charge in [0.25, 0.3) is 5.56 Å². The fraction of sp³-hybridized carbons (Fsp3) is 0.111. The maximum absolute atomic E-state index is 12.2. The van der Waals surface area contributed by atoms with Gasteiger partial charge >= 0.3 is 0 Å². The number of nitrogens with one attached hydrogen (secondary N) is 1. The molecule has 0 aliphatic rings. The SMILES string of the molecule is Cn1ncc(-c2ccc3c(=O)[nH]nc(CN)c3c2)c1-c1cccc[n+]1[O-]. The first kappa shape index (κ1) is 16.0. The van der Waals surface area contributed by atoms with Gasteiger partial charge in [0.1, 0.15) is 5.69 Å². The lowest BCUT2D eigenvalue weighted by Crippen LogP contribution is -2.28. The third-order valence-corrected chi connectivity index (χ3v) is 4.38. The highest BCUT2D eigenvalue weighted by atomic mass is 16.5. The maximum atomic E-state index is 12.2. The number of aromatic nitrogens is 5. The van der Waals surface area contributed by atoms with E-state index in [1.54, 1.807) is 42.2 Å². The topological polar surface area (TPSA) is 117 Å². The molecule has 26 heavy (non-hydrogen) atoms. The average Bonchev–Trinajstić information content (AvgIpc) is 3.03. The molecule has 0 saturated heterocycles. The molecule has 0 aliphatic carbocycles. The predicted octanol–water partition coefficient (Wildman–Crippen LogP) is 1.08. The van der Waals surface area contributed by atoms with Gasteiger partial charge in [-0.15, -0.1) is 0 Å². The fourth-order valence-electron chi connectivity index (χ4n) is 3.11. The van der Waals surface area contributed by atoms with Crippen molar-refractivity contribution in [3.05, 3.63) is 70.0 Å². The normalized spacial score (nSPS) is 11.2. The predicted molar refractivity (Wildman–Crippen MR) is 96.9 cm³/mol. The van der Waals surface area contributed by atoms with Crippen LogP contribution in [0.5, 0.6) is 0 Å². The molecular weight excluding hydrogens is 332 g/mol. The van der Waals surface area contributed by atoms with E-state index in [-0.39, 0.29) is 12.1 Å². The standard InChI is InChI=1S/C18H16N6O2/c1-23-17(16-4-2-3-7-24(16)26)14(10-20-23)11-5-6-12-13(8-11)15(9-19)21-22-18(12)25/h2-8,10H,9,19H2,1H3,(H,22,25). The van der Waals surface area contributed by atoms with Crippen LogP contribution in [0.25, 0.3) is 33.3 Å². The van der Waals surface area contributed by atoms with Crippen LogP contribution in [-0.2, 0) is 13.6 Å². The van der Waals surface area contributed by atoms with E-state index in [0.29, 0.717) is 27.9 Å². The van der Waals surface area contributed by atoms with Gasteiger partial charge in [-0.3, -0.25) is 9.48 Å². The number of benzene rings is 1. The van der Waals surface area contributed by atoms with Crippen LogP contribution in [0.15, 0.2) is 53.6 Å². The Bertz CT molecular complexity index is 1180. The molecule has 3 heterocycles. The monoisotopic (exact) mass is 348 g/mol. The molecule has 3 aromatic heterocycles. The van der Waals surface area contributed by atoms with Crippen molar-refractivity contribution in [3.63, 3.8) is 0 Å². The van der Waals surface area contributed by atoms with E-state index >= 15 is 0 Å². The summed E-state index contributed by atoms with van der Waals surface area (Å²) in [4.78, 5) is 12.0. The second-order valence-electron chi connectivity index (χ2n) is 5.91. The summed E-state index contributed by atoms with van der Waals surface area (Å²) in [6, 6.07) is 10.6. The number of nitrogens with two attached hydrogens (primary N) is 1. The summed E-state index contributed by atoms with van der Waals surface area (Å²) in [5.41, 5.74) is 8.88. The van der Waals surface area contributed by atoms with Crippen molar-refractivity contribution in [2.45, 2.75) is 6.54 Å². The third-order valence-electron chi connectivity index (χ3n) is 4.38. The van der Waals surface area contributed by atoms with E-state index < -0.39 is 0 Å². The van der Waals surface area contributed by atoms with E-state index in [4.69, 9.17) is 5.73 Å². The summed E-state index contributed by atoms with van der Waals surface area (Å²) in [6.45, 7) is 0.204. The number of H-pyrrole nitrogens is 1. The molecule has 0 amide bonds. The highest BCUT2D eigenvalue weighted by molar-refractivity contribution is 5.90. The van der Waals surface area contributed by atoms with Crippen LogP contribution in [0.2, 0.25) is 0 Å². The molecule has 3 N–H and O–H groups in total. The van der Waals surface area contributed by atoms with Crippen molar-refractivity contribution in [1.29, 1.82) is 0 Å². The van der Waals surface area contributed by atoms with E-state index in [0.717, 1.165) is 15.9 Å². The van der Waals surface area contributed by atoms with Crippen LogP contribution in [0.3, 0.4) is 0 Å². The molecule has 4 aromatic rings. The summed E-state index contributed by atoms with van der Waals surface area (Å²) in [7, 11) is 1.78. The molecule has 0 fully saturated rings. The maximum Gasteiger partial charge on any atom is 0.272 e. The smallest absolute Gasteiger partial charge is 0.272 e. The summed E-state index contributed by atoms with van der Waals surface area (Å²) in [5, 5.41) is 24.2. The number of nitrogens with zero attached hydrogens (tertiary/aromatic N) is 4. The summed E-state index contributed by atoms with van der Waals surface area (Å²) in [5.74, 6) is 0. The minimum Gasteiger partial charge on any atom is -0.618 e.